The molecule has 3 aliphatic rings. The van der Waals surface area contributed by atoms with Gasteiger partial charge in [-0.3, -0.25) is 4.79 Å². The molecule has 0 spiro atoms. The van der Waals surface area contributed by atoms with Crippen molar-refractivity contribution in [2.24, 2.45) is 5.41 Å². The maximum atomic E-state index is 11.0. The maximum Gasteiger partial charge on any atom is 0.302 e. The zero-order chi connectivity index (χ0) is 15.6. The molecule has 4 rings (SSSR count). The van der Waals surface area contributed by atoms with Crippen molar-refractivity contribution in [1.82, 2.24) is 0 Å². The van der Waals surface area contributed by atoms with E-state index in [0.717, 1.165) is 31.2 Å². The van der Waals surface area contributed by atoms with E-state index >= 15 is 0 Å². The molecule has 3 fully saturated rings. The van der Waals surface area contributed by atoms with Gasteiger partial charge in [-0.05, 0) is 36.8 Å². The molecule has 4 nitrogen and oxygen atoms in total. The number of nitrogens with zero attached hydrogens (tertiary/aromatic N) is 1. The highest BCUT2D eigenvalue weighted by Crippen LogP contribution is 2.53. The summed E-state index contributed by atoms with van der Waals surface area (Å²) in [6, 6.07) is 10.4. The summed E-state index contributed by atoms with van der Waals surface area (Å²) in [6.45, 7) is 2.58. The van der Waals surface area contributed by atoms with Gasteiger partial charge in [-0.25, -0.2) is 0 Å². The summed E-state index contributed by atoms with van der Waals surface area (Å²) >= 11 is 0. The fourth-order valence-corrected chi connectivity index (χ4v) is 3.59. The van der Waals surface area contributed by atoms with Crippen molar-refractivity contribution in [3.8, 4) is 6.07 Å². The Labute approximate surface area is 131 Å². The first-order valence-corrected chi connectivity index (χ1v) is 7.81. The van der Waals surface area contributed by atoms with Gasteiger partial charge in [0.25, 0.3) is 0 Å². The number of fused-ring (bicyclic) bond motifs is 3. The Bertz CT molecular complexity index is 575. The van der Waals surface area contributed by atoms with Gasteiger partial charge < -0.3 is 9.47 Å². The van der Waals surface area contributed by atoms with Crippen LogP contribution in [0.25, 0.3) is 0 Å². The molecule has 2 bridgehead atoms. The molecular weight excluding hydrogens is 278 g/mol. The summed E-state index contributed by atoms with van der Waals surface area (Å²) < 4.78 is 11.5. The molecule has 2 heterocycles. The van der Waals surface area contributed by atoms with Gasteiger partial charge in [0.15, 0.2) is 0 Å². The first-order valence-electron chi connectivity index (χ1n) is 7.81. The van der Waals surface area contributed by atoms with Crippen LogP contribution in [0, 0.1) is 16.7 Å². The molecule has 0 aromatic heterocycles. The number of hydrogen-bond acceptors (Lipinski definition) is 4. The van der Waals surface area contributed by atoms with E-state index in [2.05, 4.69) is 18.2 Å². The summed E-state index contributed by atoms with van der Waals surface area (Å²) in [5.74, 6) is -0.218. The zero-order valence-corrected chi connectivity index (χ0v) is 12.9. The Kier molecular flexibility index (Phi) is 3.92. The molecule has 1 aromatic carbocycles. The molecule has 22 heavy (non-hydrogen) atoms. The fraction of sp³-hybridized carbons (Fsp3) is 0.556. The lowest BCUT2D eigenvalue weighted by Crippen LogP contribution is -2.51. The van der Waals surface area contributed by atoms with Crippen molar-refractivity contribution in [3.05, 3.63) is 35.4 Å². The average Bonchev–Trinajstić information content (AvgIpc) is 2.56. The Hall–Kier alpha value is -1.86. The van der Waals surface area contributed by atoms with Gasteiger partial charge in [0.05, 0.1) is 31.3 Å². The third-order valence-electron chi connectivity index (χ3n) is 5.12. The van der Waals surface area contributed by atoms with E-state index in [4.69, 9.17) is 14.7 Å². The first kappa shape index (κ1) is 15.1. The number of esters is 1. The minimum Gasteiger partial charge on any atom is -0.465 e. The highest BCUT2D eigenvalue weighted by Gasteiger charge is 2.51. The Morgan fingerprint density at radius 3 is 2.45 bits per heavy atom. The molecule has 4 heteroatoms. The van der Waals surface area contributed by atoms with E-state index in [-0.39, 0.29) is 17.0 Å². The SMILES string of the molecule is CC(=O)OCC12CCC(c3ccc(CC#N)cc3)(CC1)OC2. The van der Waals surface area contributed by atoms with Gasteiger partial charge in [0.2, 0.25) is 0 Å². The third kappa shape index (κ3) is 2.74. The van der Waals surface area contributed by atoms with Crippen molar-refractivity contribution in [1.29, 1.82) is 5.26 Å². The molecule has 0 unspecified atom stereocenters. The van der Waals surface area contributed by atoms with Crippen LogP contribution < -0.4 is 0 Å². The van der Waals surface area contributed by atoms with Gasteiger partial charge in [0, 0.05) is 12.3 Å². The summed E-state index contributed by atoms with van der Waals surface area (Å²) in [5.41, 5.74) is 2.06. The van der Waals surface area contributed by atoms with Gasteiger partial charge >= 0.3 is 5.97 Å². The van der Waals surface area contributed by atoms with Crippen LogP contribution in [0.3, 0.4) is 0 Å². The molecule has 116 valence electrons. The average molecular weight is 299 g/mol. The lowest BCUT2D eigenvalue weighted by Gasteiger charge is -2.53. The third-order valence-corrected chi connectivity index (χ3v) is 5.12. The van der Waals surface area contributed by atoms with E-state index in [1.165, 1.54) is 12.5 Å². The summed E-state index contributed by atoms with van der Waals surface area (Å²) in [4.78, 5) is 11.0. The normalized spacial score (nSPS) is 29.8. The van der Waals surface area contributed by atoms with Crippen LogP contribution in [0.15, 0.2) is 24.3 Å². The predicted octanol–water partition coefficient (Wildman–Crippen LogP) is 3.10. The second-order valence-electron chi connectivity index (χ2n) is 6.60. The summed E-state index contributed by atoms with van der Waals surface area (Å²) in [7, 11) is 0. The minimum absolute atomic E-state index is 0.00810. The molecule has 0 radical (unpaired) electrons. The molecule has 2 aliphatic heterocycles. The van der Waals surface area contributed by atoms with Crippen LogP contribution in [-0.2, 0) is 26.3 Å². The van der Waals surface area contributed by atoms with Crippen molar-refractivity contribution in [3.63, 3.8) is 0 Å². The van der Waals surface area contributed by atoms with E-state index in [1.54, 1.807) is 0 Å². The topological polar surface area (TPSA) is 59.3 Å². The van der Waals surface area contributed by atoms with E-state index in [9.17, 15) is 4.79 Å². The number of hydrogen-bond donors (Lipinski definition) is 0. The Balaban J connectivity index is 1.70. The highest BCUT2D eigenvalue weighted by atomic mass is 16.5. The second-order valence-corrected chi connectivity index (χ2v) is 6.60. The summed E-state index contributed by atoms with van der Waals surface area (Å²) in [6.07, 6.45) is 4.43. The van der Waals surface area contributed by atoms with Crippen LogP contribution in [0.2, 0.25) is 0 Å². The van der Waals surface area contributed by atoms with Gasteiger partial charge in [-0.15, -0.1) is 0 Å². The smallest absolute Gasteiger partial charge is 0.302 e. The standard InChI is InChI=1S/C18H21NO3/c1-14(20)21-12-17-7-9-18(10-8-17,22-13-17)16-4-2-15(3-5-16)6-11-19/h2-5H,6-10,12-13H2,1H3. The Morgan fingerprint density at radius 2 is 1.95 bits per heavy atom. The highest BCUT2D eigenvalue weighted by molar-refractivity contribution is 5.65. The van der Waals surface area contributed by atoms with Crippen molar-refractivity contribution >= 4 is 5.97 Å². The van der Waals surface area contributed by atoms with E-state index in [0.29, 0.717) is 19.6 Å². The van der Waals surface area contributed by atoms with Crippen molar-refractivity contribution < 1.29 is 14.3 Å². The molecule has 2 saturated heterocycles. The number of benzene rings is 1. The van der Waals surface area contributed by atoms with E-state index < -0.39 is 0 Å². The number of carbonyl (C=O) groups is 1. The van der Waals surface area contributed by atoms with Crippen LogP contribution in [0.1, 0.15) is 43.7 Å². The number of nitriles is 1. The molecule has 0 N–H and O–H groups in total. The molecule has 1 saturated carbocycles. The lowest BCUT2D eigenvalue weighted by atomic mass is 9.64. The minimum atomic E-state index is -0.218. The van der Waals surface area contributed by atoms with Crippen LogP contribution in [0.4, 0.5) is 0 Å². The molecule has 1 aromatic rings. The summed E-state index contributed by atoms with van der Waals surface area (Å²) in [5, 5.41) is 8.75. The van der Waals surface area contributed by atoms with Crippen LogP contribution >= 0.6 is 0 Å². The number of rotatable bonds is 4. The van der Waals surface area contributed by atoms with Gasteiger partial charge in [-0.2, -0.15) is 5.26 Å². The lowest BCUT2D eigenvalue weighted by molar-refractivity contribution is -0.205. The molecule has 0 atom stereocenters. The number of ether oxygens (including phenoxy) is 2. The monoisotopic (exact) mass is 299 g/mol. The van der Waals surface area contributed by atoms with E-state index in [1.807, 2.05) is 12.1 Å². The zero-order valence-electron chi connectivity index (χ0n) is 12.9. The van der Waals surface area contributed by atoms with Crippen molar-refractivity contribution in [2.45, 2.75) is 44.6 Å². The van der Waals surface area contributed by atoms with Crippen LogP contribution in [-0.4, -0.2) is 19.2 Å². The van der Waals surface area contributed by atoms with Gasteiger partial charge in [0.1, 0.15) is 0 Å². The largest absolute Gasteiger partial charge is 0.465 e. The first-order chi connectivity index (χ1) is 10.6. The maximum absolute atomic E-state index is 11.0. The molecule has 1 aliphatic carbocycles. The predicted molar refractivity (Wildman–Crippen MR) is 80.9 cm³/mol. The Morgan fingerprint density at radius 1 is 1.27 bits per heavy atom. The quantitative estimate of drug-likeness (QED) is 0.802. The van der Waals surface area contributed by atoms with Gasteiger partial charge in [-0.1, -0.05) is 24.3 Å². The second kappa shape index (κ2) is 5.73. The molecular formula is C18H21NO3. The fourth-order valence-electron chi connectivity index (χ4n) is 3.59. The number of carbonyl (C=O) groups excluding carboxylic acids is 1. The molecule has 0 amide bonds. The van der Waals surface area contributed by atoms with Crippen molar-refractivity contribution in [2.75, 3.05) is 13.2 Å². The van der Waals surface area contributed by atoms with Crippen LogP contribution in [0.5, 0.6) is 0 Å².